The molecule has 1 aliphatic rings. The van der Waals surface area contributed by atoms with Gasteiger partial charge in [-0.25, -0.2) is 0 Å². The zero-order chi connectivity index (χ0) is 11.5. The molecule has 0 radical (unpaired) electrons. The summed E-state index contributed by atoms with van der Waals surface area (Å²) in [5, 5.41) is 4.53. The summed E-state index contributed by atoms with van der Waals surface area (Å²) in [7, 11) is 0. The first-order valence-electron chi connectivity index (χ1n) is 6.24. The van der Waals surface area contributed by atoms with Gasteiger partial charge in [0.05, 0.1) is 17.4 Å². The fourth-order valence-electron chi connectivity index (χ4n) is 2.68. The van der Waals surface area contributed by atoms with Crippen LogP contribution in [0.1, 0.15) is 37.2 Å². The summed E-state index contributed by atoms with van der Waals surface area (Å²) in [6, 6.07) is 2.76. The number of rotatable bonds is 4. The number of hydrogen-bond donors (Lipinski definition) is 1. The molecule has 0 aromatic carbocycles. The number of aromatic nitrogens is 2. The summed E-state index contributed by atoms with van der Waals surface area (Å²) >= 11 is 0. The standard InChI is InChI=1S/C12H22N4/c1-3-16-12(9-10(2)14-16)11-5-4-7-15(11)8-6-13/h9,11H,3-8,13H2,1-2H3/t11-/m0/s1. The van der Waals surface area contributed by atoms with Gasteiger partial charge in [-0.05, 0) is 39.3 Å². The van der Waals surface area contributed by atoms with Crippen LogP contribution in [-0.2, 0) is 6.54 Å². The molecule has 90 valence electrons. The molecule has 0 saturated carbocycles. The minimum absolute atomic E-state index is 0.532. The number of nitrogens with zero attached hydrogens (tertiary/aromatic N) is 3. The first kappa shape index (κ1) is 11.6. The molecule has 2 N–H and O–H groups in total. The maximum atomic E-state index is 5.66. The molecule has 1 aromatic heterocycles. The van der Waals surface area contributed by atoms with Crippen molar-refractivity contribution in [2.75, 3.05) is 19.6 Å². The lowest BCUT2D eigenvalue weighted by molar-refractivity contribution is 0.253. The Morgan fingerprint density at radius 3 is 3.06 bits per heavy atom. The van der Waals surface area contributed by atoms with Crippen LogP contribution < -0.4 is 5.73 Å². The van der Waals surface area contributed by atoms with Gasteiger partial charge in [0.25, 0.3) is 0 Å². The number of nitrogens with two attached hydrogens (primary N) is 1. The van der Waals surface area contributed by atoms with Gasteiger partial charge >= 0.3 is 0 Å². The van der Waals surface area contributed by atoms with Gasteiger partial charge in [0.2, 0.25) is 0 Å². The van der Waals surface area contributed by atoms with Crippen LogP contribution in [0.15, 0.2) is 6.07 Å². The maximum absolute atomic E-state index is 5.66. The Kier molecular flexibility index (Phi) is 3.61. The lowest BCUT2D eigenvalue weighted by Gasteiger charge is -2.24. The Morgan fingerprint density at radius 1 is 1.56 bits per heavy atom. The third-order valence-electron chi connectivity index (χ3n) is 3.35. The van der Waals surface area contributed by atoms with E-state index in [4.69, 9.17) is 5.73 Å². The zero-order valence-electron chi connectivity index (χ0n) is 10.3. The minimum atomic E-state index is 0.532. The van der Waals surface area contributed by atoms with Crippen LogP contribution in [0.25, 0.3) is 0 Å². The Hall–Kier alpha value is -0.870. The molecule has 4 nitrogen and oxygen atoms in total. The van der Waals surface area contributed by atoms with Crippen molar-refractivity contribution in [2.24, 2.45) is 5.73 Å². The van der Waals surface area contributed by atoms with Gasteiger partial charge in [0.15, 0.2) is 0 Å². The fraction of sp³-hybridized carbons (Fsp3) is 0.750. The minimum Gasteiger partial charge on any atom is -0.329 e. The summed E-state index contributed by atoms with van der Waals surface area (Å²) in [4.78, 5) is 2.49. The van der Waals surface area contributed by atoms with Crippen molar-refractivity contribution in [3.8, 4) is 0 Å². The molecular weight excluding hydrogens is 200 g/mol. The van der Waals surface area contributed by atoms with Crippen molar-refractivity contribution >= 4 is 0 Å². The average Bonchev–Trinajstić information content (AvgIpc) is 2.84. The van der Waals surface area contributed by atoms with Gasteiger partial charge < -0.3 is 5.73 Å². The molecule has 1 fully saturated rings. The van der Waals surface area contributed by atoms with E-state index in [1.54, 1.807) is 0 Å². The van der Waals surface area contributed by atoms with Gasteiger partial charge in [-0.2, -0.15) is 5.10 Å². The Bertz CT molecular complexity index is 345. The van der Waals surface area contributed by atoms with E-state index in [-0.39, 0.29) is 0 Å². The molecule has 0 spiro atoms. The SMILES string of the molecule is CCn1nc(C)cc1[C@@H]1CCCN1CCN. The second-order valence-electron chi connectivity index (χ2n) is 4.51. The lowest BCUT2D eigenvalue weighted by atomic mass is 10.1. The Balaban J connectivity index is 2.21. The molecule has 0 bridgehead atoms. The van der Waals surface area contributed by atoms with Crippen LogP contribution in [0.5, 0.6) is 0 Å². The quantitative estimate of drug-likeness (QED) is 0.835. The first-order chi connectivity index (χ1) is 7.76. The van der Waals surface area contributed by atoms with Crippen molar-refractivity contribution in [1.82, 2.24) is 14.7 Å². The maximum Gasteiger partial charge on any atom is 0.0597 e. The van der Waals surface area contributed by atoms with Crippen molar-refractivity contribution in [3.05, 3.63) is 17.5 Å². The van der Waals surface area contributed by atoms with Crippen LogP contribution in [0.3, 0.4) is 0 Å². The molecule has 2 rings (SSSR count). The molecule has 0 amide bonds. The molecule has 0 aliphatic carbocycles. The average molecular weight is 222 g/mol. The largest absolute Gasteiger partial charge is 0.329 e. The summed E-state index contributed by atoms with van der Waals surface area (Å²) in [6.07, 6.45) is 2.52. The second kappa shape index (κ2) is 4.97. The fourth-order valence-corrected chi connectivity index (χ4v) is 2.68. The highest BCUT2D eigenvalue weighted by molar-refractivity contribution is 5.14. The monoisotopic (exact) mass is 222 g/mol. The van der Waals surface area contributed by atoms with E-state index in [1.807, 2.05) is 0 Å². The van der Waals surface area contributed by atoms with Crippen LogP contribution >= 0.6 is 0 Å². The first-order valence-corrected chi connectivity index (χ1v) is 6.24. The molecule has 1 saturated heterocycles. The summed E-state index contributed by atoms with van der Waals surface area (Å²) in [6.45, 7) is 8.09. The van der Waals surface area contributed by atoms with Gasteiger partial charge in [-0.3, -0.25) is 9.58 Å². The van der Waals surface area contributed by atoms with Crippen LogP contribution in [0.4, 0.5) is 0 Å². The highest BCUT2D eigenvalue weighted by Crippen LogP contribution is 2.31. The molecule has 0 unspecified atom stereocenters. The van der Waals surface area contributed by atoms with Crippen LogP contribution in [0, 0.1) is 6.92 Å². The summed E-state index contributed by atoms with van der Waals surface area (Å²) < 4.78 is 2.13. The van der Waals surface area contributed by atoms with E-state index < -0.39 is 0 Å². The van der Waals surface area contributed by atoms with E-state index in [0.717, 1.165) is 25.3 Å². The second-order valence-corrected chi connectivity index (χ2v) is 4.51. The van der Waals surface area contributed by atoms with Gasteiger partial charge in [-0.1, -0.05) is 0 Å². The number of hydrogen-bond acceptors (Lipinski definition) is 3. The predicted octanol–water partition coefficient (Wildman–Crippen LogP) is 1.31. The molecule has 4 heteroatoms. The van der Waals surface area contributed by atoms with Gasteiger partial charge in [0.1, 0.15) is 0 Å². The highest BCUT2D eigenvalue weighted by atomic mass is 15.3. The van der Waals surface area contributed by atoms with Crippen molar-refractivity contribution in [1.29, 1.82) is 0 Å². The molecule has 16 heavy (non-hydrogen) atoms. The van der Waals surface area contributed by atoms with E-state index in [9.17, 15) is 0 Å². The summed E-state index contributed by atoms with van der Waals surface area (Å²) in [5.41, 5.74) is 8.15. The molecule has 1 aliphatic heterocycles. The molecular formula is C12H22N4. The number of likely N-dealkylation sites (tertiary alicyclic amines) is 1. The highest BCUT2D eigenvalue weighted by Gasteiger charge is 2.27. The molecule has 2 heterocycles. The van der Waals surface area contributed by atoms with Crippen molar-refractivity contribution in [2.45, 2.75) is 39.3 Å². The van der Waals surface area contributed by atoms with E-state index >= 15 is 0 Å². The number of aryl methyl sites for hydroxylation is 2. The predicted molar refractivity (Wildman–Crippen MR) is 65.2 cm³/mol. The van der Waals surface area contributed by atoms with E-state index in [1.165, 1.54) is 25.1 Å². The van der Waals surface area contributed by atoms with E-state index in [2.05, 4.69) is 34.6 Å². The van der Waals surface area contributed by atoms with Crippen LogP contribution in [0.2, 0.25) is 0 Å². The smallest absolute Gasteiger partial charge is 0.0597 e. The molecule has 1 aromatic rings. The third-order valence-corrected chi connectivity index (χ3v) is 3.35. The van der Waals surface area contributed by atoms with Crippen molar-refractivity contribution in [3.63, 3.8) is 0 Å². The Morgan fingerprint density at radius 2 is 2.38 bits per heavy atom. The van der Waals surface area contributed by atoms with E-state index in [0.29, 0.717) is 6.04 Å². The third kappa shape index (κ3) is 2.13. The molecule has 1 atom stereocenters. The summed E-state index contributed by atoms with van der Waals surface area (Å²) in [5.74, 6) is 0. The lowest BCUT2D eigenvalue weighted by Crippen LogP contribution is -2.30. The topological polar surface area (TPSA) is 47.1 Å². The van der Waals surface area contributed by atoms with Gasteiger partial charge in [-0.15, -0.1) is 0 Å². The Labute approximate surface area is 97.4 Å². The zero-order valence-corrected chi connectivity index (χ0v) is 10.3. The van der Waals surface area contributed by atoms with Crippen molar-refractivity contribution < 1.29 is 0 Å². The van der Waals surface area contributed by atoms with Gasteiger partial charge in [0, 0.05) is 19.6 Å². The van der Waals surface area contributed by atoms with Crippen LogP contribution in [-0.4, -0.2) is 34.3 Å². The normalized spacial score (nSPS) is 21.8.